The molecule has 2 aliphatic heterocycles. The van der Waals surface area contributed by atoms with Crippen molar-refractivity contribution in [3.63, 3.8) is 0 Å². The van der Waals surface area contributed by atoms with Crippen LogP contribution in [0.1, 0.15) is 17.9 Å². The van der Waals surface area contributed by atoms with E-state index < -0.39 is 47.4 Å². The van der Waals surface area contributed by atoms with Crippen molar-refractivity contribution < 1.29 is 29.4 Å². The summed E-state index contributed by atoms with van der Waals surface area (Å²) in [6.07, 6.45) is -0.784. The van der Waals surface area contributed by atoms with Gasteiger partial charge in [0.05, 0.1) is 12.3 Å². The number of nitrogens with zero attached hydrogens (tertiary/aromatic N) is 1. The third-order valence-electron chi connectivity index (χ3n) is 4.06. The third-order valence-corrected chi connectivity index (χ3v) is 6.17. The summed E-state index contributed by atoms with van der Waals surface area (Å²) in [5.41, 5.74) is 1.17. The minimum Gasteiger partial charge on any atom is -0.481 e. The van der Waals surface area contributed by atoms with Gasteiger partial charge >= 0.3 is 11.9 Å². The highest BCUT2D eigenvalue weighted by atomic mass is 79.9. The Balaban J connectivity index is 1.95. The molecule has 2 heterocycles. The molecule has 3 unspecified atom stereocenters. The molecule has 1 aromatic rings. The Morgan fingerprint density at radius 2 is 2.04 bits per heavy atom. The summed E-state index contributed by atoms with van der Waals surface area (Å²) in [5.74, 6) is -4.75. The Kier molecular flexibility index (Phi) is 5.04. The SMILES string of the molecule is O=C(O)CC(C(=O)O)N1C(=O)C(C2C(=O)Nc3ccc(Br)cc32)SC1=S. The second kappa shape index (κ2) is 6.97. The van der Waals surface area contributed by atoms with Crippen LogP contribution in [-0.2, 0) is 19.2 Å². The van der Waals surface area contributed by atoms with Crippen molar-refractivity contribution in [3.8, 4) is 0 Å². The number of thiocarbonyl (C=S) groups is 1. The van der Waals surface area contributed by atoms with Gasteiger partial charge in [0.25, 0.3) is 0 Å². The number of halogens is 1. The molecule has 8 nitrogen and oxygen atoms in total. The van der Waals surface area contributed by atoms with Crippen LogP contribution in [0.25, 0.3) is 0 Å². The molecule has 0 aliphatic carbocycles. The Bertz CT molecular complexity index is 861. The lowest BCUT2D eigenvalue weighted by molar-refractivity contribution is -0.151. The summed E-state index contributed by atoms with van der Waals surface area (Å²) in [4.78, 5) is 48.4. The van der Waals surface area contributed by atoms with E-state index in [0.29, 0.717) is 11.3 Å². The number of thioether (sulfide) groups is 1. The lowest BCUT2D eigenvalue weighted by Gasteiger charge is -2.23. The van der Waals surface area contributed by atoms with Crippen molar-refractivity contribution in [2.24, 2.45) is 0 Å². The average molecular weight is 459 g/mol. The minimum atomic E-state index is -1.61. The molecule has 3 N–H and O–H groups in total. The van der Waals surface area contributed by atoms with Crippen LogP contribution in [0.2, 0.25) is 0 Å². The van der Waals surface area contributed by atoms with Gasteiger partial charge in [-0.25, -0.2) is 4.79 Å². The standard InChI is InChI=1S/C15H11BrN2O6S2/c16-5-1-2-7-6(3-5)10(12(21)17-7)11-13(22)18(15(25)26-11)8(14(23)24)4-9(19)20/h1-3,8,10-11H,4H2,(H,17,21)(H,19,20)(H,23,24). The first-order valence-electron chi connectivity index (χ1n) is 7.29. The molecule has 3 rings (SSSR count). The van der Waals surface area contributed by atoms with Crippen LogP contribution in [0.4, 0.5) is 5.69 Å². The van der Waals surface area contributed by atoms with E-state index in [9.17, 15) is 24.3 Å². The predicted octanol–water partition coefficient (Wildman–Crippen LogP) is 1.64. The normalized spacial score (nSPS) is 23.0. The second-order valence-electron chi connectivity index (χ2n) is 5.66. The van der Waals surface area contributed by atoms with E-state index in [-0.39, 0.29) is 4.32 Å². The molecule has 0 spiro atoms. The largest absolute Gasteiger partial charge is 0.481 e. The number of benzene rings is 1. The first kappa shape index (κ1) is 18.8. The number of rotatable bonds is 5. The van der Waals surface area contributed by atoms with E-state index in [2.05, 4.69) is 21.2 Å². The molecular weight excluding hydrogens is 448 g/mol. The molecule has 26 heavy (non-hydrogen) atoms. The molecule has 2 aliphatic rings. The highest BCUT2D eigenvalue weighted by molar-refractivity contribution is 9.10. The summed E-state index contributed by atoms with van der Waals surface area (Å²) >= 11 is 9.33. The molecular formula is C15H11BrN2O6S2. The van der Waals surface area contributed by atoms with Crippen molar-refractivity contribution in [2.45, 2.75) is 23.6 Å². The van der Waals surface area contributed by atoms with E-state index >= 15 is 0 Å². The fourth-order valence-corrected chi connectivity index (χ4v) is 5.02. The van der Waals surface area contributed by atoms with Gasteiger partial charge in [0.1, 0.15) is 15.6 Å². The van der Waals surface area contributed by atoms with Crippen LogP contribution in [0.15, 0.2) is 22.7 Å². The van der Waals surface area contributed by atoms with Crippen LogP contribution < -0.4 is 5.32 Å². The Hall–Kier alpha value is -1.98. The molecule has 0 aromatic heterocycles. The van der Waals surface area contributed by atoms with Crippen LogP contribution in [0.5, 0.6) is 0 Å². The van der Waals surface area contributed by atoms with Crippen molar-refractivity contribution in [2.75, 3.05) is 5.32 Å². The van der Waals surface area contributed by atoms with Gasteiger partial charge in [-0.05, 0) is 23.8 Å². The first-order chi connectivity index (χ1) is 12.2. The summed E-state index contributed by atoms with van der Waals surface area (Å²) in [6.45, 7) is 0. The zero-order valence-electron chi connectivity index (χ0n) is 12.8. The number of anilines is 1. The van der Waals surface area contributed by atoms with Gasteiger partial charge in [-0.3, -0.25) is 19.3 Å². The minimum absolute atomic E-state index is 0.0510. The molecule has 2 amide bonds. The molecule has 3 atom stereocenters. The maximum absolute atomic E-state index is 12.8. The zero-order valence-corrected chi connectivity index (χ0v) is 16.1. The monoisotopic (exact) mass is 458 g/mol. The van der Waals surface area contributed by atoms with Crippen LogP contribution in [-0.4, -0.2) is 54.5 Å². The van der Waals surface area contributed by atoms with Gasteiger partial charge < -0.3 is 15.5 Å². The molecule has 0 radical (unpaired) electrons. The Labute approximate surface area is 165 Å². The van der Waals surface area contributed by atoms with Crippen molar-refractivity contribution in [1.29, 1.82) is 0 Å². The maximum atomic E-state index is 12.8. The number of amides is 2. The lowest BCUT2D eigenvalue weighted by atomic mass is 9.95. The number of hydrogen-bond donors (Lipinski definition) is 3. The molecule has 11 heteroatoms. The fraction of sp³-hybridized carbons (Fsp3) is 0.267. The van der Waals surface area contributed by atoms with Gasteiger partial charge in [-0.15, -0.1) is 0 Å². The number of carbonyl (C=O) groups excluding carboxylic acids is 2. The average Bonchev–Trinajstić information content (AvgIpc) is 3.00. The summed E-state index contributed by atoms with van der Waals surface area (Å²) in [5, 5.41) is 20.0. The number of hydrogen-bond acceptors (Lipinski definition) is 6. The molecule has 1 aromatic carbocycles. The van der Waals surface area contributed by atoms with Crippen molar-refractivity contribution in [3.05, 3.63) is 28.2 Å². The van der Waals surface area contributed by atoms with Crippen LogP contribution in [0.3, 0.4) is 0 Å². The Morgan fingerprint density at radius 1 is 1.35 bits per heavy atom. The fourth-order valence-electron chi connectivity index (χ4n) is 2.95. The van der Waals surface area contributed by atoms with Gasteiger partial charge in [-0.2, -0.15) is 0 Å². The zero-order chi connectivity index (χ0) is 19.2. The van der Waals surface area contributed by atoms with Crippen LogP contribution in [0, 0.1) is 0 Å². The first-order valence-corrected chi connectivity index (χ1v) is 9.37. The van der Waals surface area contributed by atoms with Gasteiger partial charge in [-0.1, -0.05) is 39.9 Å². The summed E-state index contributed by atoms with van der Waals surface area (Å²) in [6, 6.07) is 3.54. The Morgan fingerprint density at radius 3 is 2.65 bits per heavy atom. The molecule has 0 saturated carbocycles. The van der Waals surface area contributed by atoms with Gasteiger partial charge in [0.2, 0.25) is 11.8 Å². The van der Waals surface area contributed by atoms with E-state index in [1.54, 1.807) is 18.2 Å². The van der Waals surface area contributed by atoms with E-state index in [1.807, 2.05) is 0 Å². The highest BCUT2D eigenvalue weighted by Gasteiger charge is 2.51. The maximum Gasteiger partial charge on any atom is 0.327 e. The molecule has 0 bridgehead atoms. The molecule has 1 fully saturated rings. The van der Waals surface area contributed by atoms with Crippen molar-refractivity contribution >= 4 is 73.7 Å². The predicted molar refractivity (Wildman–Crippen MR) is 100 cm³/mol. The summed E-state index contributed by atoms with van der Waals surface area (Å²) in [7, 11) is 0. The number of carbonyl (C=O) groups is 4. The van der Waals surface area contributed by atoms with E-state index in [0.717, 1.165) is 21.1 Å². The lowest BCUT2D eigenvalue weighted by Crippen LogP contribution is -2.47. The molecule has 1 saturated heterocycles. The van der Waals surface area contributed by atoms with E-state index in [4.69, 9.17) is 17.3 Å². The number of aliphatic carboxylic acids is 2. The van der Waals surface area contributed by atoms with E-state index in [1.165, 1.54) is 0 Å². The number of carboxylic acid groups (broad SMARTS) is 2. The summed E-state index contributed by atoms with van der Waals surface area (Å²) < 4.78 is 0.673. The van der Waals surface area contributed by atoms with Crippen molar-refractivity contribution in [1.82, 2.24) is 4.90 Å². The number of fused-ring (bicyclic) bond motifs is 1. The quantitative estimate of drug-likeness (QED) is 0.568. The topological polar surface area (TPSA) is 124 Å². The number of carboxylic acids is 2. The molecule has 136 valence electrons. The second-order valence-corrected chi connectivity index (χ2v) is 8.35. The third kappa shape index (κ3) is 3.21. The number of nitrogens with one attached hydrogen (secondary N) is 1. The van der Waals surface area contributed by atoms with Crippen LogP contribution >= 0.6 is 39.9 Å². The van der Waals surface area contributed by atoms with Gasteiger partial charge in [0.15, 0.2) is 0 Å². The smallest absolute Gasteiger partial charge is 0.327 e. The highest BCUT2D eigenvalue weighted by Crippen LogP contribution is 2.45. The van der Waals surface area contributed by atoms with Gasteiger partial charge in [0, 0.05) is 10.2 Å².